The molecule has 0 saturated carbocycles. The Kier molecular flexibility index (Phi) is 2.95. The molecule has 1 aromatic heterocycles. The molecule has 0 spiro atoms. The standard InChI is InChI=1S/C12H20N4O/c1-8-10(13)14-9(2)15-11(8)16-6-4-12(3,17)5-7-16/h17H,4-7H2,1-3H3,(H2,13,14,15). The molecule has 1 saturated heterocycles. The summed E-state index contributed by atoms with van der Waals surface area (Å²) in [4.78, 5) is 10.8. The first-order valence-electron chi connectivity index (χ1n) is 5.97. The number of hydrogen-bond donors (Lipinski definition) is 2. The summed E-state index contributed by atoms with van der Waals surface area (Å²) in [6.45, 7) is 7.29. The van der Waals surface area contributed by atoms with Crippen LogP contribution in [-0.2, 0) is 0 Å². The molecule has 17 heavy (non-hydrogen) atoms. The van der Waals surface area contributed by atoms with E-state index in [1.54, 1.807) is 0 Å². The van der Waals surface area contributed by atoms with Gasteiger partial charge in [0.05, 0.1) is 5.60 Å². The molecule has 0 unspecified atom stereocenters. The van der Waals surface area contributed by atoms with Crippen LogP contribution < -0.4 is 10.6 Å². The summed E-state index contributed by atoms with van der Waals surface area (Å²) in [5, 5.41) is 9.93. The zero-order valence-corrected chi connectivity index (χ0v) is 10.7. The molecule has 94 valence electrons. The van der Waals surface area contributed by atoms with Crippen molar-refractivity contribution >= 4 is 11.6 Å². The topological polar surface area (TPSA) is 75.3 Å². The van der Waals surface area contributed by atoms with Crippen molar-refractivity contribution in [3.8, 4) is 0 Å². The molecule has 0 amide bonds. The summed E-state index contributed by atoms with van der Waals surface area (Å²) in [7, 11) is 0. The van der Waals surface area contributed by atoms with Crippen molar-refractivity contribution in [2.45, 2.75) is 39.2 Å². The van der Waals surface area contributed by atoms with Crippen LogP contribution in [0.1, 0.15) is 31.2 Å². The third-order valence-electron chi connectivity index (χ3n) is 3.41. The van der Waals surface area contributed by atoms with E-state index in [9.17, 15) is 5.11 Å². The van der Waals surface area contributed by atoms with Gasteiger partial charge in [0.25, 0.3) is 0 Å². The van der Waals surface area contributed by atoms with Gasteiger partial charge in [0.15, 0.2) is 0 Å². The van der Waals surface area contributed by atoms with Gasteiger partial charge in [0.2, 0.25) is 0 Å². The Balaban J connectivity index is 2.24. The van der Waals surface area contributed by atoms with Crippen LogP contribution in [0.4, 0.5) is 11.6 Å². The van der Waals surface area contributed by atoms with Gasteiger partial charge in [-0.05, 0) is 33.6 Å². The predicted molar refractivity (Wildman–Crippen MR) is 68.0 cm³/mol. The minimum absolute atomic E-state index is 0.544. The molecule has 0 atom stereocenters. The summed E-state index contributed by atoms with van der Waals surface area (Å²) in [6, 6.07) is 0. The normalized spacial score (nSPS) is 19.4. The number of piperidine rings is 1. The van der Waals surface area contributed by atoms with Crippen LogP contribution >= 0.6 is 0 Å². The SMILES string of the molecule is Cc1nc(N)c(C)c(N2CCC(C)(O)CC2)n1. The van der Waals surface area contributed by atoms with E-state index in [0.717, 1.165) is 37.3 Å². The van der Waals surface area contributed by atoms with Crippen LogP contribution in [0.5, 0.6) is 0 Å². The average molecular weight is 236 g/mol. The Morgan fingerprint density at radius 2 is 1.82 bits per heavy atom. The van der Waals surface area contributed by atoms with Gasteiger partial charge in [-0.25, -0.2) is 9.97 Å². The van der Waals surface area contributed by atoms with Crippen LogP contribution in [0.15, 0.2) is 0 Å². The van der Waals surface area contributed by atoms with E-state index in [4.69, 9.17) is 5.73 Å². The Labute approximate surface area is 102 Å². The van der Waals surface area contributed by atoms with E-state index in [-0.39, 0.29) is 0 Å². The molecule has 5 heteroatoms. The van der Waals surface area contributed by atoms with Crippen LogP contribution in [0.2, 0.25) is 0 Å². The minimum Gasteiger partial charge on any atom is -0.390 e. The number of nitrogens with zero attached hydrogens (tertiary/aromatic N) is 3. The van der Waals surface area contributed by atoms with Gasteiger partial charge in [-0.3, -0.25) is 0 Å². The van der Waals surface area contributed by atoms with Crippen LogP contribution in [-0.4, -0.2) is 33.8 Å². The second-order valence-electron chi connectivity index (χ2n) is 5.09. The zero-order chi connectivity index (χ0) is 12.6. The van der Waals surface area contributed by atoms with E-state index < -0.39 is 5.60 Å². The molecule has 5 nitrogen and oxygen atoms in total. The average Bonchev–Trinajstić information content (AvgIpc) is 2.24. The highest BCUT2D eigenvalue weighted by molar-refractivity contribution is 5.56. The molecule has 0 aliphatic carbocycles. The van der Waals surface area contributed by atoms with E-state index in [1.165, 1.54) is 0 Å². The summed E-state index contributed by atoms with van der Waals surface area (Å²) in [5.41, 5.74) is 6.24. The molecule has 0 radical (unpaired) electrons. The number of nitrogens with two attached hydrogens (primary N) is 1. The molecule has 1 aromatic rings. The van der Waals surface area contributed by atoms with Gasteiger partial charge in [-0.2, -0.15) is 0 Å². The van der Waals surface area contributed by atoms with Crippen LogP contribution in [0.25, 0.3) is 0 Å². The summed E-state index contributed by atoms with van der Waals surface area (Å²) in [5.74, 6) is 2.15. The van der Waals surface area contributed by atoms with Gasteiger partial charge >= 0.3 is 0 Å². The lowest BCUT2D eigenvalue weighted by molar-refractivity contribution is 0.0350. The lowest BCUT2D eigenvalue weighted by Gasteiger charge is -2.37. The third kappa shape index (κ3) is 2.49. The second kappa shape index (κ2) is 4.14. The smallest absolute Gasteiger partial charge is 0.137 e. The Morgan fingerprint density at radius 3 is 2.41 bits per heavy atom. The highest BCUT2D eigenvalue weighted by Crippen LogP contribution is 2.28. The molecule has 1 aliphatic rings. The number of aliphatic hydroxyl groups is 1. The second-order valence-corrected chi connectivity index (χ2v) is 5.09. The molecule has 1 fully saturated rings. The maximum atomic E-state index is 9.93. The highest BCUT2D eigenvalue weighted by Gasteiger charge is 2.28. The van der Waals surface area contributed by atoms with Crippen molar-refractivity contribution in [1.82, 2.24) is 9.97 Å². The molecule has 3 N–H and O–H groups in total. The molecule has 0 aromatic carbocycles. The zero-order valence-electron chi connectivity index (χ0n) is 10.7. The van der Waals surface area contributed by atoms with Gasteiger partial charge in [0.1, 0.15) is 17.5 Å². The Hall–Kier alpha value is -1.36. The van der Waals surface area contributed by atoms with Gasteiger partial charge in [-0.15, -0.1) is 0 Å². The first-order valence-corrected chi connectivity index (χ1v) is 5.97. The molecule has 2 rings (SSSR count). The first-order chi connectivity index (χ1) is 7.89. The largest absolute Gasteiger partial charge is 0.390 e. The van der Waals surface area contributed by atoms with Crippen LogP contribution in [0.3, 0.4) is 0 Å². The number of hydrogen-bond acceptors (Lipinski definition) is 5. The summed E-state index contributed by atoms with van der Waals surface area (Å²) >= 11 is 0. The van der Waals surface area contributed by atoms with Gasteiger partial charge in [-0.1, -0.05) is 0 Å². The van der Waals surface area contributed by atoms with Crippen molar-refractivity contribution < 1.29 is 5.11 Å². The fourth-order valence-electron chi connectivity index (χ4n) is 2.14. The molecule has 2 heterocycles. The monoisotopic (exact) mass is 236 g/mol. The van der Waals surface area contributed by atoms with E-state index >= 15 is 0 Å². The number of nitrogen functional groups attached to an aromatic ring is 1. The van der Waals surface area contributed by atoms with Crippen LogP contribution in [0, 0.1) is 13.8 Å². The van der Waals surface area contributed by atoms with Gasteiger partial charge in [0, 0.05) is 18.7 Å². The van der Waals surface area contributed by atoms with E-state index in [2.05, 4.69) is 14.9 Å². The van der Waals surface area contributed by atoms with Crippen molar-refractivity contribution in [2.24, 2.45) is 0 Å². The fraction of sp³-hybridized carbons (Fsp3) is 0.667. The van der Waals surface area contributed by atoms with Crippen molar-refractivity contribution in [3.63, 3.8) is 0 Å². The Morgan fingerprint density at radius 1 is 1.24 bits per heavy atom. The quantitative estimate of drug-likeness (QED) is 0.761. The Bertz CT molecular complexity index is 421. The van der Waals surface area contributed by atoms with E-state index in [1.807, 2.05) is 20.8 Å². The summed E-state index contributed by atoms with van der Waals surface area (Å²) < 4.78 is 0. The lowest BCUT2D eigenvalue weighted by Crippen LogP contribution is -2.43. The highest BCUT2D eigenvalue weighted by atomic mass is 16.3. The molecule has 0 bridgehead atoms. The lowest BCUT2D eigenvalue weighted by atomic mass is 9.94. The van der Waals surface area contributed by atoms with E-state index in [0.29, 0.717) is 11.6 Å². The maximum Gasteiger partial charge on any atom is 0.137 e. The summed E-state index contributed by atoms with van der Waals surface area (Å²) in [6.07, 6.45) is 1.52. The molecular formula is C12H20N4O. The minimum atomic E-state index is -0.544. The third-order valence-corrected chi connectivity index (χ3v) is 3.41. The van der Waals surface area contributed by atoms with Crippen molar-refractivity contribution in [3.05, 3.63) is 11.4 Å². The van der Waals surface area contributed by atoms with Crippen molar-refractivity contribution in [2.75, 3.05) is 23.7 Å². The predicted octanol–water partition coefficient (Wildman–Crippen LogP) is 1.03. The van der Waals surface area contributed by atoms with Gasteiger partial charge < -0.3 is 15.7 Å². The molecule has 1 aliphatic heterocycles. The first kappa shape index (κ1) is 12.1. The maximum absolute atomic E-state index is 9.93. The number of anilines is 2. The van der Waals surface area contributed by atoms with Crippen molar-refractivity contribution in [1.29, 1.82) is 0 Å². The number of rotatable bonds is 1. The number of aromatic nitrogens is 2. The molecular weight excluding hydrogens is 216 g/mol. The number of aryl methyl sites for hydroxylation is 1. The fourth-order valence-corrected chi connectivity index (χ4v) is 2.14.